The highest BCUT2D eigenvalue weighted by Gasteiger charge is 2.27. The average Bonchev–Trinajstić information content (AvgIpc) is 3.04. The predicted octanol–water partition coefficient (Wildman–Crippen LogP) is 4.04. The molecule has 2 aromatic heterocycles. The van der Waals surface area contributed by atoms with Crippen LogP contribution in [0.3, 0.4) is 0 Å². The number of hydrogen-bond donors (Lipinski definition) is 0. The van der Waals surface area contributed by atoms with Crippen molar-refractivity contribution >= 4 is 23.2 Å². The number of amides is 1. The van der Waals surface area contributed by atoms with Crippen molar-refractivity contribution in [3.05, 3.63) is 66.5 Å². The molecule has 3 rings (SSSR count). The molecule has 0 radical (unpaired) electrons. The van der Waals surface area contributed by atoms with E-state index < -0.39 is 0 Å². The second-order valence-corrected chi connectivity index (χ2v) is 6.53. The van der Waals surface area contributed by atoms with Gasteiger partial charge in [0.1, 0.15) is 5.25 Å². The highest BCUT2D eigenvalue weighted by atomic mass is 32.2. The SMILES string of the molecule is CCN(CC)C(=O)C(Sc1ncc2ccccn12)c1ccccc1. The molecule has 0 aliphatic rings. The van der Waals surface area contributed by atoms with Crippen molar-refractivity contribution in [3.63, 3.8) is 0 Å². The fourth-order valence-electron chi connectivity index (χ4n) is 2.70. The average molecular weight is 339 g/mol. The lowest BCUT2D eigenvalue weighted by Gasteiger charge is -2.24. The van der Waals surface area contributed by atoms with Crippen LogP contribution in [0.25, 0.3) is 5.52 Å². The number of hydrogen-bond acceptors (Lipinski definition) is 3. The van der Waals surface area contributed by atoms with Crippen LogP contribution in [0.2, 0.25) is 0 Å². The van der Waals surface area contributed by atoms with Crippen LogP contribution in [-0.4, -0.2) is 33.3 Å². The Morgan fingerprint density at radius 2 is 1.83 bits per heavy atom. The van der Waals surface area contributed by atoms with Gasteiger partial charge in [0.2, 0.25) is 5.91 Å². The Kier molecular flexibility index (Phi) is 5.20. The number of carbonyl (C=O) groups excluding carboxylic acids is 1. The molecule has 2 heterocycles. The Morgan fingerprint density at radius 1 is 1.12 bits per heavy atom. The van der Waals surface area contributed by atoms with E-state index in [2.05, 4.69) is 4.98 Å². The molecule has 0 fully saturated rings. The molecule has 5 heteroatoms. The van der Waals surface area contributed by atoms with E-state index in [9.17, 15) is 4.79 Å². The Bertz CT molecular complexity index is 812. The minimum absolute atomic E-state index is 0.129. The number of imidazole rings is 1. The molecule has 1 amide bonds. The fraction of sp³-hybridized carbons (Fsp3) is 0.263. The van der Waals surface area contributed by atoms with Gasteiger partial charge in [-0.2, -0.15) is 0 Å². The Labute approximate surface area is 146 Å². The molecule has 124 valence electrons. The number of likely N-dealkylation sites (N-methyl/N-ethyl adjacent to an activating group) is 1. The van der Waals surface area contributed by atoms with Crippen molar-refractivity contribution in [1.82, 2.24) is 14.3 Å². The summed E-state index contributed by atoms with van der Waals surface area (Å²) in [5.74, 6) is 0.129. The van der Waals surface area contributed by atoms with Crippen molar-refractivity contribution in [1.29, 1.82) is 0 Å². The Hall–Kier alpha value is -2.27. The highest BCUT2D eigenvalue weighted by molar-refractivity contribution is 8.00. The van der Waals surface area contributed by atoms with Gasteiger partial charge in [0.05, 0.1) is 11.7 Å². The van der Waals surface area contributed by atoms with E-state index in [1.54, 1.807) is 0 Å². The summed E-state index contributed by atoms with van der Waals surface area (Å²) in [6, 6.07) is 15.9. The first-order chi connectivity index (χ1) is 11.7. The number of fused-ring (bicyclic) bond motifs is 1. The molecule has 1 unspecified atom stereocenters. The number of pyridine rings is 1. The lowest BCUT2D eigenvalue weighted by Crippen LogP contribution is -2.33. The topological polar surface area (TPSA) is 37.6 Å². The number of benzene rings is 1. The maximum Gasteiger partial charge on any atom is 0.240 e. The van der Waals surface area contributed by atoms with Gasteiger partial charge < -0.3 is 4.90 Å². The van der Waals surface area contributed by atoms with E-state index in [1.807, 2.05) is 84.1 Å². The molecule has 1 aromatic carbocycles. The van der Waals surface area contributed by atoms with Crippen LogP contribution in [0.1, 0.15) is 24.7 Å². The predicted molar refractivity (Wildman–Crippen MR) is 98.2 cm³/mol. The number of rotatable bonds is 6. The van der Waals surface area contributed by atoms with Gasteiger partial charge >= 0.3 is 0 Å². The Balaban J connectivity index is 1.97. The van der Waals surface area contributed by atoms with Gasteiger partial charge in [0, 0.05) is 19.3 Å². The van der Waals surface area contributed by atoms with E-state index in [4.69, 9.17) is 0 Å². The van der Waals surface area contributed by atoms with Crippen LogP contribution in [0.5, 0.6) is 0 Å². The first-order valence-corrected chi connectivity index (χ1v) is 9.05. The van der Waals surface area contributed by atoms with Gasteiger partial charge in [-0.15, -0.1) is 0 Å². The summed E-state index contributed by atoms with van der Waals surface area (Å²) in [5.41, 5.74) is 2.04. The smallest absolute Gasteiger partial charge is 0.240 e. The van der Waals surface area contributed by atoms with Crippen molar-refractivity contribution in [3.8, 4) is 0 Å². The number of carbonyl (C=O) groups is 1. The van der Waals surface area contributed by atoms with Crippen LogP contribution in [0.4, 0.5) is 0 Å². The first kappa shape index (κ1) is 16.6. The van der Waals surface area contributed by atoms with E-state index in [1.165, 1.54) is 11.8 Å². The van der Waals surface area contributed by atoms with E-state index in [0.29, 0.717) is 13.1 Å². The lowest BCUT2D eigenvalue weighted by molar-refractivity contribution is -0.130. The number of thioether (sulfide) groups is 1. The third-order valence-electron chi connectivity index (χ3n) is 4.03. The molecule has 0 saturated heterocycles. The molecule has 0 aliphatic carbocycles. The summed E-state index contributed by atoms with van der Waals surface area (Å²) in [4.78, 5) is 19.4. The van der Waals surface area contributed by atoms with E-state index >= 15 is 0 Å². The van der Waals surface area contributed by atoms with Gasteiger partial charge in [-0.1, -0.05) is 48.2 Å². The maximum absolute atomic E-state index is 13.0. The van der Waals surface area contributed by atoms with Crippen LogP contribution in [0.15, 0.2) is 66.1 Å². The number of aromatic nitrogens is 2. The van der Waals surface area contributed by atoms with Crippen LogP contribution in [0, 0.1) is 0 Å². The molecule has 0 spiro atoms. The van der Waals surface area contributed by atoms with E-state index in [-0.39, 0.29) is 11.2 Å². The lowest BCUT2D eigenvalue weighted by atomic mass is 10.1. The minimum Gasteiger partial charge on any atom is -0.342 e. The van der Waals surface area contributed by atoms with Crippen molar-refractivity contribution in [2.75, 3.05) is 13.1 Å². The normalized spacial score (nSPS) is 12.2. The highest BCUT2D eigenvalue weighted by Crippen LogP contribution is 2.36. The Morgan fingerprint density at radius 3 is 2.54 bits per heavy atom. The van der Waals surface area contributed by atoms with Crippen LogP contribution in [-0.2, 0) is 4.79 Å². The standard InChI is InChI=1S/C19H21N3OS/c1-3-21(4-2)18(23)17(15-10-6-5-7-11-15)24-19-20-14-16-12-8-9-13-22(16)19/h5-14,17H,3-4H2,1-2H3. The summed E-state index contributed by atoms with van der Waals surface area (Å²) >= 11 is 1.51. The minimum atomic E-state index is -0.295. The van der Waals surface area contributed by atoms with Gasteiger partial charge in [-0.3, -0.25) is 9.20 Å². The summed E-state index contributed by atoms with van der Waals surface area (Å²) in [7, 11) is 0. The summed E-state index contributed by atoms with van der Waals surface area (Å²) in [6.07, 6.45) is 3.82. The molecule has 0 N–H and O–H groups in total. The molecule has 0 aliphatic heterocycles. The summed E-state index contributed by atoms with van der Waals surface area (Å²) in [5, 5.41) is 0.539. The molecule has 3 aromatic rings. The first-order valence-electron chi connectivity index (χ1n) is 8.17. The largest absolute Gasteiger partial charge is 0.342 e. The molecule has 1 atom stereocenters. The van der Waals surface area contributed by atoms with Crippen molar-refractivity contribution in [2.24, 2.45) is 0 Å². The molecular weight excluding hydrogens is 318 g/mol. The second-order valence-electron chi connectivity index (χ2n) is 5.46. The summed E-state index contributed by atoms with van der Waals surface area (Å²) in [6.45, 7) is 5.45. The van der Waals surface area contributed by atoms with Crippen molar-refractivity contribution < 1.29 is 4.79 Å². The van der Waals surface area contributed by atoms with Gasteiger partial charge in [-0.25, -0.2) is 4.98 Å². The van der Waals surface area contributed by atoms with Crippen LogP contribution < -0.4 is 0 Å². The zero-order valence-electron chi connectivity index (χ0n) is 13.9. The monoisotopic (exact) mass is 339 g/mol. The zero-order valence-corrected chi connectivity index (χ0v) is 14.7. The zero-order chi connectivity index (χ0) is 16.9. The van der Waals surface area contributed by atoms with Gasteiger partial charge in [0.25, 0.3) is 0 Å². The molecular formula is C19H21N3OS. The summed E-state index contributed by atoms with van der Waals surface area (Å²) < 4.78 is 2.02. The van der Waals surface area contributed by atoms with E-state index in [0.717, 1.165) is 16.2 Å². The van der Waals surface area contributed by atoms with Crippen molar-refractivity contribution in [2.45, 2.75) is 24.3 Å². The van der Waals surface area contributed by atoms with Gasteiger partial charge in [0.15, 0.2) is 5.16 Å². The molecule has 0 saturated carbocycles. The van der Waals surface area contributed by atoms with Crippen LogP contribution >= 0.6 is 11.8 Å². The molecule has 0 bridgehead atoms. The quantitative estimate of drug-likeness (QED) is 0.636. The number of nitrogens with zero attached hydrogens (tertiary/aromatic N) is 3. The third kappa shape index (κ3) is 3.31. The molecule has 24 heavy (non-hydrogen) atoms. The molecule has 4 nitrogen and oxygen atoms in total. The second kappa shape index (κ2) is 7.53. The maximum atomic E-state index is 13.0. The third-order valence-corrected chi connectivity index (χ3v) is 5.25. The fourth-order valence-corrected chi connectivity index (χ4v) is 3.85. The van der Waals surface area contributed by atoms with Gasteiger partial charge in [-0.05, 0) is 31.5 Å².